The first-order chi connectivity index (χ1) is 18.9. The van der Waals surface area contributed by atoms with E-state index < -0.39 is 28.6 Å². The topological polar surface area (TPSA) is 139 Å². The summed E-state index contributed by atoms with van der Waals surface area (Å²) in [6.07, 6.45) is 3.41. The van der Waals surface area contributed by atoms with E-state index in [1.54, 1.807) is 30.5 Å². The molecule has 39 heavy (non-hydrogen) atoms. The number of carbonyl (C=O) groups excluding carboxylic acids is 1. The normalized spacial score (nSPS) is 14.0. The number of aromatic hydroxyl groups is 3. The lowest BCUT2D eigenvalue weighted by Crippen LogP contribution is -2.47. The fourth-order valence-corrected chi connectivity index (χ4v) is 4.78. The van der Waals surface area contributed by atoms with E-state index in [1.807, 2.05) is 18.2 Å². The molecule has 5 rings (SSSR count). The maximum Gasteiger partial charge on any atom is 0.259 e. The van der Waals surface area contributed by atoms with Crippen LogP contribution in [0.2, 0.25) is 0 Å². The number of piperazine rings is 1. The summed E-state index contributed by atoms with van der Waals surface area (Å²) in [7, 11) is 0. The number of hydrogen-bond donors (Lipinski definition) is 4. The van der Waals surface area contributed by atoms with Crippen LogP contribution in [-0.4, -0.2) is 70.4 Å². The van der Waals surface area contributed by atoms with Gasteiger partial charge in [0, 0.05) is 44.5 Å². The van der Waals surface area contributed by atoms with Crippen LogP contribution in [0.15, 0.2) is 70.0 Å². The van der Waals surface area contributed by atoms with Gasteiger partial charge in [-0.05, 0) is 55.8 Å². The van der Waals surface area contributed by atoms with E-state index in [1.165, 1.54) is 0 Å². The number of nitrogens with zero attached hydrogens (tertiary/aromatic N) is 3. The highest BCUT2D eigenvalue weighted by molar-refractivity contribution is 6.02. The molecule has 0 spiro atoms. The summed E-state index contributed by atoms with van der Waals surface area (Å²) in [5.41, 5.74) is -0.420. The highest BCUT2D eigenvalue weighted by atomic mass is 16.3. The molecule has 0 unspecified atom stereocenters. The van der Waals surface area contributed by atoms with Crippen molar-refractivity contribution < 1.29 is 24.5 Å². The van der Waals surface area contributed by atoms with Gasteiger partial charge in [0.05, 0.1) is 5.39 Å². The monoisotopic (exact) mass is 530 g/mol. The Kier molecular flexibility index (Phi) is 7.64. The molecule has 1 amide bonds. The molecule has 0 saturated carbocycles. The molecule has 202 valence electrons. The minimum absolute atomic E-state index is 0.0839. The molecule has 0 aliphatic carbocycles. The van der Waals surface area contributed by atoms with Crippen molar-refractivity contribution in [2.24, 2.45) is 0 Å². The molecule has 10 nitrogen and oxygen atoms in total. The van der Waals surface area contributed by atoms with Gasteiger partial charge in [-0.2, -0.15) is 0 Å². The zero-order chi connectivity index (χ0) is 27.4. The number of benzene rings is 2. The molecule has 1 aliphatic heterocycles. The third-order valence-electron chi connectivity index (χ3n) is 6.89. The van der Waals surface area contributed by atoms with Crippen molar-refractivity contribution in [1.29, 1.82) is 0 Å². The summed E-state index contributed by atoms with van der Waals surface area (Å²) in [4.78, 5) is 35.6. The van der Waals surface area contributed by atoms with Crippen LogP contribution >= 0.6 is 0 Å². The van der Waals surface area contributed by atoms with E-state index in [2.05, 4.69) is 20.1 Å². The van der Waals surface area contributed by atoms with Crippen molar-refractivity contribution in [3.63, 3.8) is 0 Å². The molecule has 0 radical (unpaired) electrons. The summed E-state index contributed by atoms with van der Waals surface area (Å²) in [5.74, 6) is -1.63. The molecule has 4 N–H and O–H groups in total. The van der Waals surface area contributed by atoms with Gasteiger partial charge >= 0.3 is 0 Å². The largest absolute Gasteiger partial charge is 0.504 e. The van der Waals surface area contributed by atoms with Gasteiger partial charge in [0.1, 0.15) is 17.0 Å². The van der Waals surface area contributed by atoms with E-state index in [-0.39, 0.29) is 27.9 Å². The first-order valence-corrected chi connectivity index (χ1v) is 12.9. The molecule has 0 bridgehead atoms. The minimum atomic E-state index is -0.703. The Morgan fingerprint density at radius 3 is 2.38 bits per heavy atom. The lowest BCUT2D eigenvalue weighted by Gasteiger charge is -2.35. The van der Waals surface area contributed by atoms with Gasteiger partial charge in [0.25, 0.3) is 5.91 Å². The molecule has 3 heterocycles. The Labute approximate surface area is 224 Å². The zero-order valence-corrected chi connectivity index (χ0v) is 21.3. The Hall–Kier alpha value is -4.57. The maximum atomic E-state index is 13.3. The number of unbranched alkanes of at least 4 members (excludes halogenated alkanes) is 1. The van der Waals surface area contributed by atoms with Crippen molar-refractivity contribution >= 4 is 22.7 Å². The van der Waals surface area contributed by atoms with E-state index in [9.17, 15) is 24.9 Å². The van der Waals surface area contributed by atoms with Crippen LogP contribution in [0.5, 0.6) is 17.2 Å². The molecule has 1 fully saturated rings. The first kappa shape index (κ1) is 26.1. The number of anilines is 1. The zero-order valence-electron chi connectivity index (χ0n) is 21.3. The first-order valence-electron chi connectivity index (χ1n) is 12.9. The molecule has 1 aliphatic rings. The number of nitrogens with one attached hydrogen (secondary N) is 1. The van der Waals surface area contributed by atoms with Gasteiger partial charge < -0.3 is 30.0 Å². The van der Waals surface area contributed by atoms with Crippen LogP contribution < -0.4 is 15.6 Å². The number of amides is 1. The third kappa shape index (κ3) is 5.65. The molecule has 10 heteroatoms. The quantitative estimate of drug-likeness (QED) is 0.200. The molecule has 2 aromatic heterocycles. The van der Waals surface area contributed by atoms with Crippen LogP contribution in [-0.2, 0) is 0 Å². The summed E-state index contributed by atoms with van der Waals surface area (Å²) in [6, 6.07) is 14.7. The van der Waals surface area contributed by atoms with Gasteiger partial charge in [-0.25, -0.2) is 4.98 Å². The standard InChI is InChI=1S/C29H30N4O6/c34-21-17-19(18-22(35)27(21)37)28-25(26(36)20-7-1-2-8-23(20)39-28)29(38)31-11-5-6-12-32-13-15-33(16-14-32)24-9-3-4-10-30-24/h1-4,7-10,17-18,34-35,37H,5-6,11-16H2,(H,31,38). The Balaban J connectivity index is 1.22. The molecule has 4 aromatic rings. The highest BCUT2D eigenvalue weighted by Crippen LogP contribution is 2.40. The average Bonchev–Trinajstić information content (AvgIpc) is 2.96. The Morgan fingerprint density at radius 2 is 1.67 bits per heavy atom. The van der Waals surface area contributed by atoms with Crippen LogP contribution in [0, 0.1) is 0 Å². The van der Waals surface area contributed by atoms with Gasteiger partial charge in [-0.3, -0.25) is 14.5 Å². The van der Waals surface area contributed by atoms with E-state index >= 15 is 0 Å². The van der Waals surface area contributed by atoms with Crippen LogP contribution in [0.1, 0.15) is 23.2 Å². The smallest absolute Gasteiger partial charge is 0.259 e. The van der Waals surface area contributed by atoms with Crippen LogP contribution in [0.25, 0.3) is 22.3 Å². The predicted molar refractivity (Wildman–Crippen MR) is 147 cm³/mol. The number of phenolic OH excluding ortho intramolecular Hbond substituents is 3. The molecular weight excluding hydrogens is 500 g/mol. The maximum absolute atomic E-state index is 13.3. The molecular formula is C29H30N4O6. The second kappa shape index (κ2) is 11.4. The number of carbonyl (C=O) groups is 1. The number of hydrogen-bond acceptors (Lipinski definition) is 9. The lowest BCUT2D eigenvalue weighted by molar-refractivity contribution is 0.0950. The van der Waals surface area contributed by atoms with E-state index in [0.29, 0.717) is 6.54 Å². The van der Waals surface area contributed by atoms with Crippen LogP contribution in [0.3, 0.4) is 0 Å². The second-order valence-corrected chi connectivity index (χ2v) is 9.47. The second-order valence-electron chi connectivity index (χ2n) is 9.47. The number of para-hydroxylation sites is 1. The summed E-state index contributed by atoms with van der Waals surface area (Å²) in [5, 5.41) is 32.8. The molecule has 2 aromatic carbocycles. The average molecular weight is 531 g/mol. The van der Waals surface area contributed by atoms with Crippen molar-refractivity contribution in [3.8, 4) is 28.6 Å². The fourth-order valence-electron chi connectivity index (χ4n) is 4.78. The minimum Gasteiger partial charge on any atom is -0.504 e. The number of rotatable bonds is 8. The van der Waals surface area contributed by atoms with Crippen LogP contribution in [0.4, 0.5) is 5.82 Å². The van der Waals surface area contributed by atoms with Gasteiger partial charge in [-0.15, -0.1) is 0 Å². The van der Waals surface area contributed by atoms with Crippen molar-refractivity contribution in [2.45, 2.75) is 12.8 Å². The number of phenols is 3. The summed E-state index contributed by atoms with van der Waals surface area (Å²) < 4.78 is 5.90. The Bertz CT molecular complexity index is 1510. The third-order valence-corrected chi connectivity index (χ3v) is 6.89. The van der Waals surface area contributed by atoms with E-state index in [0.717, 1.165) is 63.5 Å². The van der Waals surface area contributed by atoms with E-state index in [4.69, 9.17) is 4.42 Å². The van der Waals surface area contributed by atoms with Gasteiger partial charge in [0.15, 0.2) is 23.0 Å². The number of fused-ring (bicyclic) bond motifs is 1. The van der Waals surface area contributed by atoms with Gasteiger partial charge in [-0.1, -0.05) is 18.2 Å². The Morgan fingerprint density at radius 1 is 0.949 bits per heavy atom. The predicted octanol–water partition coefficient (Wildman–Crippen LogP) is 3.30. The SMILES string of the molecule is O=C(NCCCCN1CCN(c2ccccn2)CC1)c1c(-c2cc(O)c(O)c(O)c2)oc2ccccc2c1=O. The molecule has 1 saturated heterocycles. The number of pyridine rings is 1. The highest BCUT2D eigenvalue weighted by Gasteiger charge is 2.24. The summed E-state index contributed by atoms with van der Waals surface area (Å²) >= 11 is 0. The number of aromatic nitrogens is 1. The van der Waals surface area contributed by atoms with Crippen molar-refractivity contribution in [1.82, 2.24) is 15.2 Å². The lowest BCUT2D eigenvalue weighted by atomic mass is 10.0. The van der Waals surface area contributed by atoms with Crippen molar-refractivity contribution in [3.05, 3.63) is 76.6 Å². The fraction of sp³-hybridized carbons (Fsp3) is 0.276. The van der Waals surface area contributed by atoms with Gasteiger partial charge in [0.2, 0.25) is 5.43 Å². The van der Waals surface area contributed by atoms with Crippen molar-refractivity contribution in [2.75, 3.05) is 44.2 Å². The summed E-state index contributed by atoms with van der Waals surface area (Å²) in [6.45, 7) is 4.98. The molecule has 0 atom stereocenters.